The van der Waals surface area contributed by atoms with Crippen LogP contribution in [0.2, 0.25) is 0 Å². The highest BCUT2D eigenvalue weighted by molar-refractivity contribution is 6.02. The number of aromatic amines is 1. The van der Waals surface area contributed by atoms with Gasteiger partial charge in [-0.05, 0) is 29.8 Å². The van der Waals surface area contributed by atoms with Crippen LogP contribution >= 0.6 is 0 Å². The highest BCUT2D eigenvalue weighted by Gasteiger charge is 2.31. The third-order valence-corrected chi connectivity index (χ3v) is 4.79. The van der Waals surface area contributed by atoms with Crippen molar-refractivity contribution >= 4 is 17.5 Å². The first-order valence-electron chi connectivity index (χ1n) is 9.32. The molecule has 1 aromatic heterocycles. The number of fused-ring (bicyclic) bond motifs is 1. The van der Waals surface area contributed by atoms with E-state index in [4.69, 9.17) is 11.2 Å². The van der Waals surface area contributed by atoms with E-state index in [1.54, 1.807) is 19.2 Å². The van der Waals surface area contributed by atoms with Crippen LogP contribution in [0.1, 0.15) is 27.6 Å². The fourth-order valence-electron chi connectivity index (χ4n) is 3.17. The molecule has 8 heteroatoms. The van der Waals surface area contributed by atoms with E-state index in [1.165, 1.54) is 4.90 Å². The molecule has 0 bridgehead atoms. The number of hydrogen-bond donors (Lipinski definition) is 2. The normalized spacial score (nSPS) is 15.5. The number of hydrogen-bond acceptors (Lipinski definition) is 5. The summed E-state index contributed by atoms with van der Waals surface area (Å²) in [5, 5.41) is 9.39. The van der Waals surface area contributed by atoms with Crippen LogP contribution in [0.3, 0.4) is 0 Å². The Labute approximate surface area is 173 Å². The molecule has 4 rings (SSSR count). The standard InChI is InChI=1S/C22H19N5O3/c1-3-14-8-10-15(11-9-14)12-19-24-20(26-25-19)21(28)23-16-13-30-18-7-5-4-6-17(18)27(2)22(16)29/h1,4-11,16H,12-13H2,2H3,(H,23,28)(H,24,25,26)/t16-/m0/s1. The number of nitrogens with one attached hydrogen (secondary N) is 2. The zero-order valence-corrected chi connectivity index (χ0v) is 16.3. The monoisotopic (exact) mass is 401 g/mol. The Morgan fingerprint density at radius 2 is 2.07 bits per heavy atom. The van der Waals surface area contributed by atoms with Gasteiger partial charge in [-0.2, -0.15) is 0 Å². The number of H-pyrrole nitrogens is 1. The Morgan fingerprint density at radius 1 is 1.30 bits per heavy atom. The van der Waals surface area contributed by atoms with Crippen molar-refractivity contribution in [3.63, 3.8) is 0 Å². The van der Waals surface area contributed by atoms with Crippen LogP contribution in [0, 0.1) is 12.3 Å². The third-order valence-electron chi connectivity index (χ3n) is 4.79. The zero-order valence-electron chi connectivity index (χ0n) is 16.3. The number of terminal acetylenes is 1. The molecule has 2 amide bonds. The van der Waals surface area contributed by atoms with Gasteiger partial charge in [-0.25, -0.2) is 4.98 Å². The average Bonchev–Trinajstić information content (AvgIpc) is 3.20. The lowest BCUT2D eigenvalue weighted by atomic mass is 10.1. The van der Waals surface area contributed by atoms with E-state index in [9.17, 15) is 9.59 Å². The fraction of sp³-hybridized carbons (Fsp3) is 0.182. The highest BCUT2D eigenvalue weighted by atomic mass is 16.5. The summed E-state index contributed by atoms with van der Waals surface area (Å²) >= 11 is 0. The molecule has 2 heterocycles. The van der Waals surface area contributed by atoms with Gasteiger partial charge >= 0.3 is 0 Å². The molecule has 2 N–H and O–H groups in total. The van der Waals surface area contributed by atoms with Gasteiger partial charge in [0.2, 0.25) is 5.82 Å². The summed E-state index contributed by atoms with van der Waals surface area (Å²) in [6, 6.07) is 13.8. The van der Waals surface area contributed by atoms with Crippen LogP contribution in [-0.2, 0) is 11.2 Å². The highest BCUT2D eigenvalue weighted by Crippen LogP contribution is 2.29. The van der Waals surface area contributed by atoms with Crippen molar-refractivity contribution in [3.8, 4) is 18.1 Å². The molecule has 1 aliphatic heterocycles. The second kappa shape index (κ2) is 8.09. The Kier molecular flexibility index (Phi) is 5.18. The Morgan fingerprint density at radius 3 is 2.83 bits per heavy atom. The van der Waals surface area contributed by atoms with Crippen LogP contribution in [-0.4, -0.2) is 46.7 Å². The van der Waals surface area contributed by atoms with Gasteiger partial charge in [-0.15, -0.1) is 11.5 Å². The minimum absolute atomic E-state index is 0.0186. The van der Waals surface area contributed by atoms with Gasteiger partial charge in [0.1, 0.15) is 24.2 Å². The van der Waals surface area contributed by atoms with Gasteiger partial charge in [-0.1, -0.05) is 30.2 Å². The summed E-state index contributed by atoms with van der Waals surface area (Å²) in [5.41, 5.74) is 2.41. The summed E-state index contributed by atoms with van der Waals surface area (Å²) in [6.45, 7) is 0.0186. The molecule has 8 nitrogen and oxygen atoms in total. The van der Waals surface area contributed by atoms with Crippen molar-refractivity contribution in [3.05, 3.63) is 71.3 Å². The lowest BCUT2D eigenvalue weighted by Crippen LogP contribution is -2.49. The summed E-state index contributed by atoms with van der Waals surface area (Å²) in [7, 11) is 1.64. The summed E-state index contributed by atoms with van der Waals surface area (Å²) in [4.78, 5) is 31.0. The van der Waals surface area contributed by atoms with Crippen molar-refractivity contribution in [1.29, 1.82) is 0 Å². The molecule has 0 saturated carbocycles. The molecular formula is C22H19N5O3. The lowest BCUT2D eigenvalue weighted by molar-refractivity contribution is -0.120. The van der Waals surface area contributed by atoms with Gasteiger partial charge in [0.05, 0.1) is 5.69 Å². The average molecular weight is 401 g/mol. The molecule has 30 heavy (non-hydrogen) atoms. The number of carbonyl (C=O) groups is 2. The van der Waals surface area contributed by atoms with E-state index in [0.29, 0.717) is 23.7 Å². The van der Waals surface area contributed by atoms with Crippen molar-refractivity contribution < 1.29 is 14.3 Å². The Hall–Kier alpha value is -4.12. The third kappa shape index (κ3) is 3.86. The smallest absolute Gasteiger partial charge is 0.291 e. The van der Waals surface area contributed by atoms with E-state index in [1.807, 2.05) is 36.4 Å². The lowest BCUT2D eigenvalue weighted by Gasteiger charge is -2.19. The van der Waals surface area contributed by atoms with Gasteiger partial charge in [0.25, 0.3) is 11.8 Å². The van der Waals surface area contributed by atoms with Gasteiger partial charge in [0.15, 0.2) is 0 Å². The first-order chi connectivity index (χ1) is 14.5. The number of nitrogens with zero attached hydrogens (tertiary/aromatic N) is 3. The number of rotatable bonds is 4. The van der Waals surface area contributed by atoms with Gasteiger partial charge in [-0.3, -0.25) is 14.7 Å². The number of amides is 2. The maximum absolute atomic E-state index is 12.7. The maximum atomic E-state index is 12.7. The van der Waals surface area contributed by atoms with Crippen molar-refractivity contribution in [2.75, 3.05) is 18.6 Å². The van der Waals surface area contributed by atoms with Gasteiger partial charge < -0.3 is 15.0 Å². The molecule has 150 valence electrons. The first kappa shape index (κ1) is 19.2. The molecule has 1 aliphatic rings. The van der Waals surface area contributed by atoms with Crippen molar-refractivity contribution in [2.24, 2.45) is 0 Å². The Balaban J connectivity index is 1.43. The van der Waals surface area contributed by atoms with E-state index in [0.717, 1.165) is 11.1 Å². The molecule has 3 aromatic rings. The van der Waals surface area contributed by atoms with Crippen LogP contribution in [0.5, 0.6) is 5.75 Å². The number of carbonyl (C=O) groups excluding carboxylic acids is 2. The van der Waals surface area contributed by atoms with E-state index in [-0.39, 0.29) is 18.3 Å². The second-order valence-electron chi connectivity index (χ2n) is 6.83. The zero-order chi connectivity index (χ0) is 21.1. The predicted octanol–water partition coefficient (Wildman–Crippen LogP) is 1.53. The molecule has 0 unspecified atom stereocenters. The predicted molar refractivity (Wildman–Crippen MR) is 110 cm³/mol. The number of ether oxygens (including phenoxy) is 1. The SMILES string of the molecule is C#Cc1ccc(Cc2nc(C(=O)N[C@H]3COc4ccccc4N(C)C3=O)n[nH]2)cc1. The summed E-state index contributed by atoms with van der Waals surface area (Å²) in [6.07, 6.45) is 5.83. The molecule has 2 aromatic carbocycles. The van der Waals surface area contributed by atoms with Gasteiger partial charge in [0, 0.05) is 19.0 Å². The summed E-state index contributed by atoms with van der Waals surface area (Å²) < 4.78 is 5.70. The second-order valence-corrected chi connectivity index (χ2v) is 6.83. The topological polar surface area (TPSA) is 100 Å². The number of para-hydroxylation sites is 2. The quantitative estimate of drug-likeness (QED) is 0.646. The van der Waals surface area contributed by atoms with Crippen molar-refractivity contribution in [1.82, 2.24) is 20.5 Å². The van der Waals surface area contributed by atoms with E-state index >= 15 is 0 Å². The molecule has 0 spiro atoms. The van der Waals surface area contributed by atoms with Crippen LogP contribution in [0.15, 0.2) is 48.5 Å². The molecular weight excluding hydrogens is 382 g/mol. The number of likely N-dealkylation sites (N-methyl/N-ethyl adjacent to an activating group) is 1. The van der Waals surface area contributed by atoms with Crippen LogP contribution < -0.4 is 15.0 Å². The van der Waals surface area contributed by atoms with Crippen LogP contribution in [0.4, 0.5) is 5.69 Å². The van der Waals surface area contributed by atoms with Crippen molar-refractivity contribution in [2.45, 2.75) is 12.5 Å². The van der Waals surface area contributed by atoms with E-state index < -0.39 is 11.9 Å². The summed E-state index contributed by atoms with van der Waals surface area (Å²) in [5.74, 6) is 2.80. The largest absolute Gasteiger partial charge is 0.489 e. The van der Waals surface area contributed by atoms with Crippen LogP contribution in [0.25, 0.3) is 0 Å². The molecule has 0 aliphatic carbocycles. The first-order valence-corrected chi connectivity index (χ1v) is 9.32. The number of anilines is 1. The minimum Gasteiger partial charge on any atom is -0.489 e. The molecule has 0 radical (unpaired) electrons. The fourth-order valence-corrected chi connectivity index (χ4v) is 3.17. The Bertz CT molecular complexity index is 1130. The minimum atomic E-state index is -0.854. The molecule has 1 atom stereocenters. The van der Waals surface area contributed by atoms with E-state index in [2.05, 4.69) is 26.4 Å². The number of aromatic nitrogens is 3. The molecule has 0 fully saturated rings. The number of benzene rings is 2. The maximum Gasteiger partial charge on any atom is 0.291 e. The molecule has 0 saturated heterocycles.